The van der Waals surface area contributed by atoms with E-state index in [1.165, 1.54) is 0 Å². The predicted octanol–water partition coefficient (Wildman–Crippen LogP) is 4.07. The second-order valence-corrected chi connectivity index (χ2v) is 7.10. The van der Waals surface area contributed by atoms with Crippen LogP contribution >= 0.6 is 0 Å². The number of likely N-dealkylation sites (tertiary alicyclic amines) is 2. The van der Waals surface area contributed by atoms with E-state index in [1.54, 1.807) is 12.1 Å². The highest BCUT2D eigenvalue weighted by Gasteiger charge is 2.30. The number of amides is 1. The van der Waals surface area contributed by atoms with Gasteiger partial charge in [0, 0.05) is 38.6 Å². The zero-order valence-electron chi connectivity index (χ0n) is 14.4. The summed E-state index contributed by atoms with van der Waals surface area (Å²) < 4.78 is 37.8. The number of carbonyl (C=O) groups excluding carboxylic acids is 1. The molecule has 138 valence electrons. The first-order chi connectivity index (χ1) is 11.9. The third-order valence-electron chi connectivity index (χ3n) is 5.30. The Kier molecular flexibility index (Phi) is 5.67. The van der Waals surface area contributed by atoms with Gasteiger partial charge in [-0.1, -0.05) is 18.6 Å². The van der Waals surface area contributed by atoms with Gasteiger partial charge < -0.3 is 4.90 Å². The van der Waals surface area contributed by atoms with Gasteiger partial charge in [0.1, 0.15) is 0 Å². The van der Waals surface area contributed by atoms with Crippen molar-refractivity contribution in [2.24, 2.45) is 0 Å². The summed E-state index contributed by atoms with van der Waals surface area (Å²) in [5.41, 5.74) is 0.298. The molecule has 2 saturated heterocycles. The Morgan fingerprint density at radius 2 is 1.64 bits per heavy atom. The molecule has 1 amide bonds. The normalized spacial score (nSPS) is 21.4. The number of hydrogen-bond donors (Lipinski definition) is 0. The van der Waals surface area contributed by atoms with E-state index in [9.17, 15) is 18.0 Å². The van der Waals surface area contributed by atoms with E-state index in [0.29, 0.717) is 24.9 Å². The molecule has 6 heteroatoms. The molecule has 0 atom stereocenters. The molecular formula is C19H25F3N2O. The molecule has 1 aromatic rings. The number of nitrogens with zero attached hydrogens (tertiary/aromatic N) is 2. The highest BCUT2D eigenvalue weighted by Crippen LogP contribution is 2.29. The van der Waals surface area contributed by atoms with Crippen LogP contribution in [0.3, 0.4) is 0 Å². The number of carbonyl (C=O) groups is 1. The van der Waals surface area contributed by atoms with Crippen LogP contribution in [0, 0.1) is 0 Å². The molecule has 1 aromatic carbocycles. The summed E-state index contributed by atoms with van der Waals surface area (Å²) in [7, 11) is 0. The van der Waals surface area contributed by atoms with Gasteiger partial charge in [-0.3, -0.25) is 9.69 Å². The lowest BCUT2D eigenvalue weighted by atomic mass is 10.0. The molecule has 0 aromatic heterocycles. The molecule has 25 heavy (non-hydrogen) atoms. The summed E-state index contributed by atoms with van der Waals surface area (Å²) in [5.74, 6) is 0.290. The van der Waals surface area contributed by atoms with Gasteiger partial charge in [0.25, 0.3) is 0 Å². The molecule has 2 aliphatic rings. The number of alkyl halides is 3. The van der Waals surface area contributed by atoms with E-state index in [2.05, 4.69) is 9.80 Å². The lowest BCUT2D eigenvalue weighted by Gasteiger charge is -2.38. The SMILES string of the molecule is O=C1CCCCCN1C1CCN(Cc2ccc(C(F)(F)F)cc2)CC1. The van der Waals surface area contributed by atoms with Crippen LogP contribution < -0.4 is 0 Å². The van der Waals surface area contributed by atoms with Gasteiger partial charge in [-0.05, 0) is 43.4 Å². The van der Waals surface area contributed by atoms with Gasteiger partial charge in [-0.15, -0.1) is 0 Å². The molecule has 3 nitrogen and oxygen atoms in total. The predicted molar refractivity (Wildman–Crippen MR) is 89.9 cm³/mol. The quantitative estimate of drug-likeness (QED) is 0.817. The van der Waals surface area contributed by atoms with E-state index >= 15 is 0 Å². The molecule has 0 N–H and O–H groups in total. The van der Waals surface area contributed by atoms with Crippen molar-refractivity contribution in [3.63, 3.8) is 0 Å². The minimum absolute atomic E-state index is 0.290. The first-order valence-electron chi connectivity index (χ1n) is 9.11. The third-order valence-corrected chi connectivity index (χ3v) is 5.30. The first-order valence-corrected chi connectivity index (χ1v) is 9.11. The van der Waals surface area contributed by atoms with Crippen LogP contribution in [0.4, 0.5) is 13.2 Å². The lowest BCUT2D eigenvalue weighted by molar-refractivity contribution is -0.137. The number of rotatable bonds is 3. The summed E-state index contributed by atoms with van der Waals surface area (Å²) in [6.45, 7) is 3.31. The molecule has 0 unspecified atom stereocenters. The van der Waals surface area contributed by atoms with Crippen molar-refractivity contribution < 1.29 is 18.0 Å². The minimum atomic E-state index is -4.28. The summed E-state index contributed by atoms with van der Waals surface area (Å²) in [6, 6.07) is 5.76. The van der Waals surface area contributed by atoms with Gasteiger partial charge in [-0.2, -0.15) is 13.2 Å². The van der Waals surface area contributed by atoms with Crippen LogP contribution in [0.2, 0.25) is 0 Å². The topological polar surface area (TPSA) is 23.6 Å². The fraction of sp³-hybridized carbons (Fsp3) is 0.632. The molecule has 2 fully saturated rings. The second-order valence-electron chi connectivity index (χ2n) is 7.10. The number of halogens is 3. The molecule has 0 bridgehead atoms. The minimum Gasteiger partial charge on any atom is -0.340 e. The molecule has 2 aliphatic heterocycles. The van der Waals surface area contributed by atoms with Gasteiger partial charge in [0.15, 0.2) is 0 Å². The Morgan fingerprint density at radius 1 is 0.960 bits per heavy atom. The van der Waals surface area contributed by atoms with E-state index in [4.69, 9.17) is 0 Å². The smallest absolute Gasteiger partial charge is 0.340 e. The van der Waals surface area contributed by atoms with Crippen molar-refractivity contribution in [2.45, 2.75) is 57.3 Å². The summed E-state index contributed by atoms with van der Waals surface area (Å²) >= 11 is 0. The maximum Gasteiger partial charge on any atom is 0.416 e. The Hall–Kier alpha value is -1.56. The molecule has 0 saturated carbocycles. The van der Waals surface area contributed by atoms with Crippen LogP contribution in [0.5, 0.6) is 0 Å². The maximum atomic E-state index is 12.6. The lowest BCUT2D eigenvalue weighted by Crippen LogP contribution is -2.47. The maximum absolute atomic E-state index is 12.6. The van der Waals surface area contributed by atoms with Gasteiger partial charge in [0.05, 0.1) is 5.56 Å². The van der Waals surface area contributed by atoms with E-state index in [-0.39, 0.29) is 0 Å². The van der Waals surface area contributed by atoms with Crippen molar-refractivity contribution in [3.8, 4) is 0 Å². The second kappa shape index (κ2) is 7.77. The van der Waals surface area contributed by atoms with Gasteiger partial charge in [0.2, 0.25) is 5.91 Å². The van der Waals surface area contributed by atoms with Crippen molar-refractivity contribution >= 4 is 5.91 Å². The summed E-state index contributed by atoms with van der Waals surface area (Å²) in [5, 5.41) is 0. The molecule has 0 radical (unpaired) electrons. The van der Waals surface area contributed by atoms with E-state index in [1.807, 2.05) is 0 Å². The first kappa shape index (κ1) is 18.2. The molecule has 0 aliphatic carbocycles. The van der Waals surface area contributed by atoms with Crippen molar-refractivity contribution in [1.82, 2.24) is 9.80 Å². The van der Waals surface area contributed by atoms with Gasteiger partial charge in [-0.25, -0.2) is 0 Å². The number of piperidine rings is 1. The monoisotopic (exact) mass is 354 g/mol. The zero-order chi connectivity index (χ0) is 17.9. The van der Waals surface area contributed by atoms with Crippen LogP contribution in [-0.2, 0) is 17.5 Å². The van der Waals surface area contributed by atoms with E-state index in [0.717, 1.165) is 69.4 Å². The van der Waals surface area contributed by atoms with Crippen molar-refractivity contribution in [2.75, 3.05) is 19.6 Å². The Bertz CT molecular complexity index is 577. The average molecular weight is 354 g/mol. The Balaban J connectivity index is 1.51. The van der Waals surface area contributed by atoms with Crippen LogP contribution in [-0.4, -0.2) is 41.4 Å². The molecular weight excluding hydrogens is 329 g/mol. The van der Waals surface area contributed by atoms with Crippen LogP contribution in [0.1, 0.15) is 49.7 Å². The highest BCUT2D eigenvalue weighted by molar-refractivity contribution is 5.76. The highest BCUT2D eigenvalue weighted by atomic mass is 19.4. The number of benzene rings is 1. The fourth-order valence-electron chi connectivity index (χ4n) is 3.84. The molecule has 0 spiro atoms. The standard InChI is InChI=1S/C19H25F3N2O/c20-19(21,22)16-7-5-15(6-8-16)14-23-12-9-17(10-13-23)24-11-3-1-2-4-18(24)25/h5-8,17H,1-4,9-14H2. The third kappa shape index (κ3) is 4.75. The molecule has 2 heterocycles. The van der Waals surface area contributed by atoms with E-state index < -0.39 is 11.7 Å². The summed E-state index contributed by atoms with van der Waals surface area (Å²) in [6.07, 6.45) is 1.52. The molecule has 3 rings (SSSR count). The van der Waals surface area contributed by atoms with Crippen molar-refractivity contribution in [1.29, 1.82) is 0 Å². The Labute approximate surface area is 146 Å². The average Bonchev–Trinajstić information content (AvgIpc) is 2.80. The van der Waals surface area contributed by atoms with Crippen LogP contribution in [0.15, 0.2) is 24.3 Å². The van der Waals surface area contributed by atoms with Crippen LogP contribution in [0.25, 0.3) is 0 Å². The largest absolute Gasteiger partial charge is 0.416 e. The number of hydrogen-bond acceptors (Lipinski definition) is 2. The van der Waals surface area contributed by atoms with Crippen molar-refractivity contribution in [3.05, 3.63) is 35.4 Å². The summed E-state index contributed by atoms with van der Waals surface area (Å²) in [4.78, 5) is 16.6. The Morgan fingerprint density at radius 3 is 2.28 bits per heavy atom. The zero-order valence-corrected chi connectivity index (χ0v) is 14.4. The fourth-order valence-corrected chi connectivity index (χ4v) is 3.84. The van der Waals surface area contributed by atoms with Gasteiger partial charge >= 0.3 is 6.18 Å².